The first kappa shape index (κ1) is 18.1. The summed E-state index contributed by atoms with van der Waals surface area (Å²) in [6.07, 6.45) is 0. The Morgan fingerprint density at radius 1 is 1.08 bits per heavy atom. The number of nitrogens with one attached hydrogen (secondary N) is 2. The van der Waals surface area contributed by atoms with Gasteiger partial charge in [0.25, 0.3) is 5.91 Å². The fourth-order valence-corrected chi connectivity index (χ4v) is 2.44. The van der Waals surface area contributed by atoms with E-state index in [-0.39, 0.29) is 18.4 Å². The summed E-state index contributed by atoms with van der Waals surface area (Å²) in [5.74, 6) is -0.361. The largest absolute Gasteiger partial charge is 0.376 e. The maximum Gasteiger partial charge on any atom is 0.253 e. The van der Waals surface area contributed by atoms with Crippen molar-refractivity contribution in [3.63, 3.8) is 0 Å². The van der Waals surface area contributed by atoms with Gasteiger partial charge in [0, 0.05) is 30.4 Å². The fraction of sp³-hybridized carbons (Fsp3) is 0.176. The molecule has 0 bridgehead atoms. The predicted octanol–water partition coefficient (Wildman–Crippen LogP) is 3.75. The van der Waals surface area contributed by atoms with E-state index in [2.05, 4.69) is 10.6 Å². The molecule has 2 amide bonds. The van der Waals surface area contributed by atoms with Gasteiger partial charge in [-0.25, -0.2) is 0 Å². The standard InChI is InChI=1S/C17H17Cl2N3O2/c1-22(2)17(24)11-4-3-5-13(8-11)20-10-16(23)21-15-7-6-12(18)9-14(15)19/h3-9,20H,10H2,1-2H3,(H,21,23). The van der Waals surface area contributed by atoms with E-state index in [1.807, 2.05) is 0 Å². The molecule has 0 aliphatic carbocycles. The molecule has 126 valence electrons. The summed E-state index contributed by atoms with van der Waals surface area (Å²) in [4.78, 5) is 25.4. The van der Waals surface area contributed by atoms with E-state index in [4.69, 9.17) is 23.2 Å². The SMILES string of the molecule is CN(C)C(=O)c1cccc(NCC(=O)Nc2ccc(Cl)cc2Cl)c1. The molecule has 0 radical (unpaired) electrons. The summed E-state index contributed by atoms with van der Waals surface area (Å²) in [7, 11) is 3.37. The van der Waals surface area contributed by atoms with Crippen molar-refractivity contribution < 1.29 is 9.59 Å². The molecule has 0 unspecified atom stereocenters. The van der Waals surface area contributed by atoms with Gasteiger partial charge in [-0.2, -0.15) is 0 Å². The highest BCUT2D eigenvalue weighted by Crippen LogP contribution is 2.25. The Morgan fingerprint density at radius 3 is 2.50 bits per heavy atom. The summed E-state index contributed by atoms with van der Waals surface area (Å²) < 4.78 is 0. The highest BCUT2D eigenvalue weighted by atomic mass is 35.5. The van der Waals surface area contributed by atoms with Crippen molar-refractivity contribution in [2.24, 2.45) is 0 Å². The van der Waals surface area contributed by atoms with Crippen molar-refractivity contribution in [1.29, 1.82) is 0 Å². The number of benzene rings is 2. The van der Waals surface area contributed by atoms with Crippen LogP contribution in [0.2, 0.25) is 10.0 Å². The number of hydrogen-bond acceptors (Lipinski definition) is 3. The number of carbonyl (C=O) groups is 2. The minimum atomic E-state index is -0.261. The van der Waals surface area contributed by atoms with E-state index in [0.717, 1.165) is 0 Å². The maximum atomic E-state index is 12.0. The van der Waals surface area contributed by atoms with Crippen molar-refractivity contribution in [3.05, 3.63) is 58.1 Å². The summed E-state index contributed by atoms with van der Waals surface area (Å²) in [5.41, 5.74) is 1.72. The summed E-state index contributed by atoms with van der Waals surface area (Å²) >= 11 is 11.8. The van der Waals surface area contributed by atoms with Crippen LogP contribution < -0.4 is 10.6 Å². The second kappa shape index (κ2) is 8.04. The topological polar surface area (TPSA) is 61.4 Å². The molecule has 0 aromatic heterocycles. The molecule has 7 heteroatoms. The van der Waals surface area contributed by atoms with Gasteiger partial charge in [0.2, 0.25) is 5.91 Å². The number of amides is 2. The Kier molecular flexibility index (Phi) is 6.06. The van der Waals surface area contributed by atoms with Crippen LogP contribution in [-0.4, -0.2) is 37.4 Å². The molecule has 2 rings (SSSR count). The Labute approximate surface area is 150 Å². The molecule has 5 nitrogen and oxygen atoms in total. The van der Waals surface area contributed by atoms with Crippen LogP contribution in [0.5, 0.6) is 0 Å². The highest BCUT2D eigenvalue weighted by molar-refractivity contribution is 6.36. The molecule has 0 spiro atoms. The fourth-order valence-electron chi connectivity index (χ4n) is 1.99. The third-order valence-corrected chi connectivity index (χ3v) is 3.72. The smallest absolute Gasteiger partial charge is 0.253 e. The van der Waals surface area contributed by atoms with Gasteiger partial charge in [-0.05, 0) is 36.4 Å². The first-order chi connectivity index (χ1) is 11.4. The minimum Gasteiger partial charge on any atom is -0.376 e. The number of anilines is 2. The minimum absolute atomic E-state index is 0.0402. The number of rotatable bonds is 5. The zero-order valence-electron chi connectivity index (χ0n) is 13.3. The first-order valence-corrected chi connectivity index (χ1v) is 7.93. The Hall–Kier alpha value is -2.24. The van der Waals surface area contributed by atoms with Crippen LogP contribution in [0.1, 0.15) is 10.4 Å². The van der Waals surface area contributed by atoms with E-state index in [1.165, 1.54) is 4.90 Å². The van der Waals surface area contributed by atoms with Crippen molar-refractivity contribution in [2.75, 3.05) is 31.3 Å². The van der Waals surface area contributed by atoms with E-state index >= 15 is 0 Å². The van der Waals surface area contributed by atoms with Crippen LogP contribution in [0.3, 0.4) is 0 Å². The lowest BCUT2D eigenvalue weighted by atomic mass is 10.2. The second-order valence-electron chi connectivity index (χ2n) is 5.31. The van der Waals surface area contributed by atoms with Crippen LogP contribution in [0.25, 0.3) is 0 Å². The molecule has 0 saturated carbocycles. The average molecular weight is 366 g/mol. The lowest BCUT2D eigenvalue weighted by Crippen LogP contribution is -2.23. The zero-order valence-corrected chi connectivity index (χ0v) is 14.8. The van der Waals surface area contributed by atoms with Gasteiger partial charge in [-0.3, -0.25) is 9.59 Å². The molecule has 24 heavy (non-hydrogen) atoms. The van der Waals surface area contributed by atoms with Crippen molar-refractivity contribution >= 4 is 46.4 Å². The predicted molar refractivity (Wildman–Crippen MR) is 98.0 cm³/mol. The van der Waals surface area contributed by atoms with E-state index in [1.54, 1.807) is 56.6 Å². The molecular formula is C17H17Cl2N3O2. The Bertz CT molecular complexity index is 763. The first-order valence-electron chi connectivity index (χ1n) is 7.17. The number of nitrogens with zero attached hydrogens (tertiary/aromatic N) is 1. The molecule has 0 aliphatic heterocycles. The Morgan fingerprint density at radius 2 is 1.83 bits per heavy atom. The van der Waals surface area contributed by atoms with Crippen LogP contribution in [0.4, 0.5) is 11.4 Å². The molecule has 2 N–H and O–H groups in total. The van der Waals surface area contributed by atoms with Crippen LogP contribution in [-0.2, 0) is 4.79 Å². The third-order valence-electron chi connectivity index (χ3n) is 3.17. The van der Waals surface area contributed by atoms with Crippen molar-refractivity contribution in [3.8, 4) is 0 Å². The summed E-state index contributed by atoms with van der Waals surface area (Å²) in [6.45, 7) is 0.0402. The van der Waals surface area contributed by atoms with E-state index in [9.17, 15) is 9.59 Å². The highest BCUT2D eigenvalue weighted by Gasteiger charge is 2.09. The Balaban J connectivity index is 1.96. The molecule has 0 saturated heterocycles. The van der Waals surface area contributed by atoms with Gasteiger partial charge in [-0.15, -0.1) is 0 Å². The molecule has 0 fully saturated rings. The normalized spacial score (nSPS) is 10.2. The molecular weight excluding hydrogens is 349 g/mol. The van der Waals surface area contributed by atoms with Gasteiger partial charge in [0.15, 0.2) is 0 Å². The lowest BCUT2D eigenvalue weighted by molar-refractivity contribution is -0.114. The van der Waals surface area contributed by atoms with Gasteiger partial charge >= 0.3 is 0 Å². The summed E-state index contributed by atoms with van der Waals surface area (Å²) in [5, 5.41) is 6.54. The van der Waals surface area contributed by atoms with Crippen LogP contribution in [0, 0.1) is 0 Å². The molecule has 0 heterocycles. The lowest BCUT2D eigenvalue weighted by Gasteiger charge is -2.12. The van der Waals surface area contributed by atoms with Crippen LogP contribution >= 0.6 is 23.2 Å². The number of hydrogen-bond donors (Lipinski definition) is 2. The summed E-state index contributed by atoms with van der Waals surface area (Å²) in [6, 6.07) is 11.8. The zero-order chi connectivity index (χ0) is 17.7. The molecule has 0 aliphatic rings. The molecule has 2 aromatic carbocycles. The molecule has 0 atom stereocenters. The average Bonchev–Trinajstić information content (AvgIpc) is 2.55. The maximum absolute atomic E-state index is 12.0. The van der Waals surface area contributed by atoms with E-state index < -0.39 is 0 Å². The van der Waals surface area contributed by atoms with Gasteiger partial charge < -0.3 is 15.5 Å². The van der Waals surface area contributed by atoms with Gasteiger partial charge in [0.1, 0.15) is 0 Å². The van der Waals surface area contributed by atoms with Crippen molar-refractivity contribution in [1.82, 2.24) is 4.90 Å². The molecule has 2 aromatic rings. The third kappa shape index (κ3) is 4.88. The quantitative estimate of drug-likeness (QED) is 0.847. The van der Waals surface area contributed by atoms with Gasteiger partial charge in [-0.1, -0.05) is 29.3 Å². The van der Waals surface area contributed by atoms with Gasteiger partial charge in [0.05, 0.1) is 17.3 Å². The van der Waals surface area contributed by atoms with Crippen molar-refractivity contribution in [2.45, 2.75) is 0 Å². The van der Waals surface area contributed by atoms with Crippen LogP contribution in [0.15, 0.2) is 42.5 Å². The second-order valence-corrected chi connectivity index (χ2v) is 6.15. The number of carbonyl (C=O) groups excluding carboxylic acids is 2. The monoisotopic (exact) mass is 365 g/mol. The van der Waals surface area contributed by atoms with E-state index in [0.29, 0.717) is 27.0 Å². The number of halogens is 2.